The van der Waals surface area contributed by atoms with Crippen LogP contribution in [0, 0.1) is 23.3 Å². The number of Topliss-reactive ketones (excluding diaryl/α,β-unsaturated/α-hetero) is 1. The molecule has 0 aliphatic carbocycles. The number of ether oxygens (including phenoxy) is 1. The van der Waals surface area contributed by atoms with E-state index in [2.05, 4.69) is 4.98 Å². The van der Waals surface area contributed by atoms with E-state index >= 15 is 4.39 Å². The maximum Gasteiger partial charge on any atom is 0.410 e. The molecule has 5 rings (SSSR count). The molecular weight excluding hydrogens is 713 g/mol. The third-order valence-electron chi connectivity index (χ3n) is 9.07. The highest BCUT2D eigenvalue weighted by molar-refractivity contribution is 7.89. The van der Waals surface area contributed by atoms with Gasteiger partial charge in [-0.25, -0.2) is 30.8 Å². The number of nitrogens with two attached hydrogens (primary N) is 1. The lowest BCUT2D eigenvalue weighted by atomic mass is 9.82. The number of rotatable bonds is 11. The quantitative estimate of drug-likeness (QED) is 0.173. The standard InChI is InChI=1S/C39H42F4N4O5S/c1-24-22-46(38(49)52-39(2,3)4)23-31(47(24)53(50,51)32-8-6-5-7-9-32)14-15-33-27(20-45-21-34(33)43)18-35(48)37(44)36(25-10-12-28(40)13-11-25)26-16-29(41)19-30(42)17-26/h5-13,16-17,19-21,24,31,36-37H,14-15,18,22-23,44H2,1-4H3/t24-,31+,36+,37-/m1/s1. The number of nitrogens with zero attached hydrogens (tertiary/aromatic N) is 3. The second-order valence-corrected chi connectivity index (χ2v) is 16.1. The molecule has 282 valence electrons. The van der Waals surface area contributed by atoms with E-state index in [9.17, 15) is 31.2 Å². The van der Waals surface area contributed by atoms with Crippen molar-refractivity contribution in [2.75, 3.05) is 13.1 Å². The molecule has 1 amide bonds. The fourth-order valence-electron chi connectivity index (χ4n) is 6.78. The van der Waals surface area contributed by atoms with E-state index in [1.807, 2.05) is 0 Å². The number of carbonyl (C=O) groups excluding carboxylic acids is 2. The van der Waals surface area contributed by atoms with E-state index in [1.54, 1.807) is 45.9 Å². The number of pyridine rings is 1. The van der Waals surface area contributed by atoms with Crippen molar-refractivity contribution < 1.29 is 40.3 Å². The summed E-state index contributed by atoms with van der Waals surface area (Å²) in [6.07, 6.45) is 1.25. The molecule has 0 unspecified atom stereocenters. The maximum absolute atomic E-state index is 15.6. The summed E-state index contributed by atoms with van der Waals surface area (Å²) in [5.74, 6) is -4.80. The van der Waals surface area contributed by atoms with Crippen LogP contribution in [0.1, 0.15) is 62.3 Å². The molecular formula is C39H42F4N4O5S. The monoisotopic (exact) mass is 754 g/mol. The minimum atomic E-state index is -4.07. The molecule has 0 saturated carbocycles. The first-order valence-electron chi connectivity index (χ1n) is 17.1. The van der Waals surface area contributed by atoms with E-state index in [0.29, 0.717) is 11.6 Å². The molecule has 4 aromatic rings. The molecule has 1 saturated heterocycles. The van der Waals surface area contributed by atoms with Crippen molar-refractivity contribution >= 4 is 21.9 Å². The third kappa shape index (κ3) is 9.48. The maximum atomic E-state index is 15.6. The Bertz CT molecular complexity index is 2030. The van der Waals surface area contributed by atoms with Gasteiger partial charge in [0.05, 0.1) is 17.1 Å². The second-order valence-electron chi connectivity index (χ2n) is 14.2. The topological polar surface area (TPSA) is 123 Å². The number of halogens is 4. The predicted molar refractivity (Wildman–Crippen MR) is 190 cm³/mol. The zero-order chi connectivity index (χ0) is 38.7. The predicted octanol–water partition coefficient (Wildman–Crippen LogP) is 6.54. The Labute approximate surface area is 306 Å². The summed E-state index contributed by atoms with van der Waals surface area (Å²) in [6, 6.07) is 12.7. The molecule has 53 heavy (non-hydrogen) atoms. The molecule has 3 aromatic carbocycles. The SMILES string of the molecule is C[C@@H]1CN(C(=O)OC(C)(C)C)C[C@H](CCc2c(F)cncc2CC(=O)[C@@H](N)[C@@H](c2ccc(F)cc2)c2cc(F)cc(F)c2)N1S(=O)(=O)c1ccccc1. The molecule has 2 N–H and O–H groups in total. The molecule has 2 heterocycles. The Kier molecular flexibility index (Phi) is 12.0. The molecule has 9 nitrogen and oxygen atoms in total. The van der Waals surface area contributed by atoms with Crippen molar-refractivity contribution in [1.82, 2.24) is 14.2 Å². The third-order valence-corrected chi connectivity index (χ3v) is 11.2. The zero-order valence-electron chi connectivity index (χ0n) is 29.8. The molecule has 0 bridgehead atoms. The van der Waals surface area contributed by atoms with Gasteiger partial charge in [-0.1, -0.05) is 30.3 Å². The first-order chi connectivity index (χ1) is 24.9. The number of hydrogen-bond acceptors (Lipinski definition) is 7. The first-order valence-corrected chi connectivity index (χ1v) is 18.6. The van der Waals surface area contributed by atoms with Crippen molar-refractivity contribution in [2.24, 2.45) is 5.73 Å². The summed E-state index contributed by atoms with van der Waals surface area (Å²) >= 11 is 0. The van der Waals surface area contributed by atoms with Gasteiger partial charge in [-0.3, -0.25) is 9.78 Å². The van der Waals surface area contributed by atoms with Gasteiger partial charge >= 0.3 is 6.09 Å². The van der Waals surface area contributed by atoms with Gasteiger partial charge in [0.1, 0.15) is 28.9 Å². The molecule has 1 aliphatic rings. The average molecular weight is 755 g/mol. The number of aromatic nitrogens is 1. The largest absolute Gasteiger partial charge is 0.444 e. The smallest absolute Gasteiger partial charge is 0.410 e. The van der Waals surface area contributed by atoms with E-state index < -0.39 is 81.2 Å². The van der Waals surface area contributed by atoms with Crippen LogP contribution in [0.25, 0.3) is 0 Å². The van der Waals surface area contributed by atoms with Crippen LogP contribution in [0.5, 0.6) is 0 Å². The fourth-order valence-corrected chi connectivity index (χ4v) is 8.63. The summed E-state index contributed by atoms with van der Waals surface area (Å²) in [6.45, 7) is 6.87. The highest BCUT2D eigenvalue weighted by atomic mass is 32.2. The van der Waals surface area contributed by atoms with Crippen LogP contribution < -0.4 is 5.73 Å². The molecule has 4 atom stereocenters. The Balaban J connectivity index is 1.44. The van der Waals surface area contributed by atoms with Crippen LogP contribution in [0.3, 0.4) is 0 Å². The Morgan fingerprint density at radius 2 is 1.55 bits per heavy atom. The average Bonchev–Trinajstić information content (AvgIpc) is 3.07. The van der Waals surface area contributed by atoms with Gasteiger partial charge in [-0.05, 0) is 99.2 Å². The first kappa shape index (κ1) is 39.5. The molecule has 0 spiro atoms. The Hall–Kier alpha value is -4.66. The van der Waals surface area contributed by atoms with Crippen LogP contribution in [-0.4, -0.2) is 71.3 Å². The van der Waals surface area contributed by atoms with E-state index in [1.165, 1.54) is 39.7 Å². The van der Waals surface area contributed by atoms with Gasteiger partial charge < -0.3 is 15.4 Å². The fraction of sp³-hybridized carbons (Fsp3) is 0.359. The molecule has 1 aromatic heterocycles. The summed E-state index contributed by atoms with van der Waals surface area (Å²) in [7, 11) is -4.07. The Morgan fingerprint density at radius 3 is 2.17 bits per heavy atom. The van der Waals surface area contributed by atoms with Crippen LogP contribution >= 0.6 is 0 Å². The van der Waals surface area contributed by atoms with Crippen molar-refractivity contribution in [2.45, 2.75) is 81.5 Å². The number of piperazine rings is 1. The van der Waals surface area contributed by atoms with Crippen molar-refractivity contribution in [3.63, 3.8) is 0 Å². The summed E-state index contributed by atoms with van der Waals surface area (Å²) in [5.41, 5.74) is 6.34. The normalized spacial score (nSPS) is 18.0. The van der Waals surface area contributed by atoms with Crippen LogP contribution in [0.4, 0.5) is 22.4 Å². The van der Waals surface area contributed by atoms with Crippen molar-refractivity contribution in [3.05, 3.63) is 131 Å². The highest BCUT2D eigenvalue weighted by Crippen LogP contribution is 2.32. The van der Waals surface area contributed by atoms with Gasteiger partial charge in [-0.2, -0.15) is 4.31 Å². The highest BCUT2D eigenvalue weighted by Gasteiger charge is 2.42. The lowest BCUT2D eigenvalue weighted by molar-refractivity contribution is -0.120. The Morgan fingerprint density at radius 1 is 0.906 bits per heavy atom. The van der Waals surface area contributed by atoms with Crippen LogP contribution in [-0.2, 0) is 32.4 Å². The number of sulfonamides is 1. The lowest BCUT2D eigenvalue weighted by Gasteiger charge is -2.44. The number of carbonyl (C=O) groups is 2. The molecule has 1 fully saturated rings. The second kappa shape index (κ2) is 16.1. The van der Waals surface area contributed by atoms with Gasteiger partial charge in [0.25, 0.3) is 0 Å². The minimum Gasteiger partial charge on any atom is -0.444 e. The summed E-state index contributed by atoms with van der Waals surface area (Å²) < 4.78 is 93.0. The van der Waals surface area contributed by atoms with E-state index in [4.69, 9.17) is 10.5 Å². The molecule has 0 radical (unpaired) electrons. The van der Waals surface area contributed by atoms with E-state index in [-0.39, 0.29) is 47.5 Å². The van der Waals surface area contributed by atoms with Crippen LogP contribution in [0.15, 0.2) is 90.1 Å². The lowest BCUT2D eigenvalue weighted by Crippen LogP contribution is -2.61. The zero-order valence-corrected chi connectivity index (χ0v) is 30.6. The van der Waals surface area contributed by atoms with Crippen molar-refractivity contribution in [3.8, 4) is 0 Å². The number of amides is 1. The van der Waals surface area contributed by atoms with Crippen molar-refractivity contribution in [1.29, 1.82) is 0 Å². The van der Waals surface area contributed by atoms with Gasteiger partial charge in [0.2, 0.25) is 10.0 Å². The van der Waals surface area contributed by atoms with E-state index in [0.717, 1.165) is 30.5 Å². The molecule has 14 heteroatoms. The number of benzene rings is 3. The van der Waals surface area contributed by atoms with Gasteiger partial charge in [0.15, 0.2) is 5.78 Å². The summed E-state index contributed by atoms with van der Waals surface area (Å²) in [5, 5.41) is 0. The van der Waals surface area contributed by atoms with Crippen LogP contribution in [0.2, 0.25) is 0 Å². The minimum absolute atomic E-state index is 0.0410. The summed E-state index contributed by atoms with van der Waals surface area (Å²) in [4.78, 5) is 32.4. The van der Waals surface area contributed by atoms with Gasteiger partial charge in [-0.15, -0.1) is 0 Å². The van der Waals surface area contributed by atoms with Gasteiger partial charge in [0, 0.05) is 49.8 Å². The molecule has 1 aliphatic heterocycles. The number of hydrogen-bond donors (Lipinski definition) is 1. The number of ketones is 1.